The van der Waals surface area contributed by atoms with E-state index in [2.05, 4.69) is 86.8 Å². The smallest absolute Gasteiger partial charge is 0.306 e. The molecular formula is C73H131NO10. The van der Waals surface area contributed by atoms with E-state index in [-0.39, 0.29) is 19.4 Å². The molecule has 6 N–H and O–H groups in total. The van der Waals surface area contributed by atoms with Crippen LogP contribution < -0.4 is 5.32 Å². The minimum Gasteiger partial charge on any atom is -0.454 e. The van der Waals surface area contributed by atoms with Gasteiger partial charge in [0, 0.05) is 6.42 Å². The lowest BCUT2D eigenvalue weighted by molar-refractivity contribution is -0.305. The van der Waals surface area contributed by atoms with Gasteiger partial charge < -0.3 is 45.1 Å². The Morgan fingerprint density at radius 2 is 0.821 bits per heavy atom. The molecule has 0 aromatic rings. The molecule has 1 saturated heterocycles. The first-order chi connectivity index (χ1) is 41.2. The summed E-state index contributed by atoms with van der Waals surface area (Å²) in [7, 11) is 0. The van der Waals surface area contributed by atoms with Gasteiger partial charge in [-0.2, -0.15) is 0 Å². The van der Waals surface area contributed by atoms with E-state index in [1.807, 2.05) is 6.08 Å². The quantitative estimate of drug-likeness (QED) is 0.0195. The van der Waals surface area contributed by atoms with E-state index in [0.717, 1.165) is 89.9 Å². The number of amides is 1. The molecular weight excluding hydrogens is 1050 g/mol. The SMILES string of the molecule is CCCCC/C=C\C/C=C\C/C=C\CCCCCCCCCCCCC(=O)OC1C(OCC(NC(=O)C(O)CCCCCCCCCCCC/C=C\C/C=C\CCCCC)C(O)/C=C/CCCCCCCCCCCC)OC(CO)C(O)C1O. The fourth-order valence-corrected chi connectivity index (χ4v) is 10.7. The molecule has 1 aliphatic rings. The van der Waals surface area contributed by atoms with Crippen LogP contribution in [0.3, 0.4) is 0 Å². The molecule has 1 heterocycles. The molecule has 0 spiro atoms. The predicted molar refractivity (Wildman–Crippen MR) is 352 cm³/mol. The minimum atomic E-state index is -1.62. The zero-order valence-electron chi connectivity index (χ0n) is 54.3. The summed E-state index contributed by atoms with van der Waals surface area (Å²) in [6, 6.07) is -1.03. The summed E-state index contributed by atoms with van der Waals surface area (Å²) in [5.74, 6) is -1.19. The number of carbonyl (C=O) groups is 2. The van der Waals surface area contributed by atoms with Gasteiger partial charge in [0.2, 0.25) is 5.91 Å². The third-order valence-electron chi connectivity index (χ3n) is 16.3. The number of hydrogen-bond donors (Lipinski definition) is 6. The molecule has 1 fully saturated rings. The Labute approximate surface area is 515 Å². The van der Waals surface area contributed by atoms with Crippen LogP contribution in [0.25, 0.3) is 0 Å². The highest BCUT2D eigenvalue weighted by atomic mass is 16.7. The second kappa shape index (κ2) is 60.4. The Bertz CT molecular complexity index is 1640. The summed E-state index contributed by atoms with van der Waals surface area (Å²) in [6.07, 6.45) is 67.9. The first-order valence-electron chi connectivity index (χ1n) is 35.2. The van der Waals surface area contributed by atoms with E-state index >= 15 is 0 Å². The maximum atomic E-state index is 13.5. The van der Waals surface area contributed by atoms with Gasteiger partial charge in [0.05, 0.1) is 25.4 Å². The van der Waals surface area contributed by atoms with Crippen molar-refractivity contribution < 1.29 is 49.3 Å². The standard InChI is InChI=1S/C73H131NO10/c1-4-7-10-13-16-19-22-25-27-29-31-33-34-35-37-39-41-43-46-49-52-55-58-61-68(78)84-71-70(80)69(79)67(62-75)83-73(71)82-63-64(65(76)59-56-53-50-47-44-24-21-18-15-12-9-6-3)74-72(81)66(77)60-57-54-51-48-45-42-40-38-36-32-30-28-26-23-20-17-14-11-8-5-2/h16-17,19-20,25-28,31,33,56,59,64-67,69-71,73,75-77,79-80H,4-15,18,21-24,29-30,32,34-55,57-58,60-63H2,1-3H3,(H,74,81)/b19-16-,20-17-,27-25-,28-26-,33-31-,59-56+. The number of unbranched alkanes of at least 4 members (excludes halogenated alkanes) is 36. The van der Waals surface area contributed by atoms with E-state index in [1.165, 1.54) is 180 Å². The average molecular weight is 1180 g/mol. The third kappa shape index (κ3) is 47.2. The molecule has 1 amide bonds. The lowest BCUT2D eigenvalue weighted by Crippen LogP contribution is -2.61. The molecule has 11 heteroatoms. The highest BCUT2D eigenvalue weighted by molar-refractivity contribution is 5.80. The summed E-state index contributed by atoms with van der Waals surface area (Å²) in [6.45, 7) is 5.76. The van der Waals surface area contributed by atoms with Crippen LogP contribution in [0.4, 0.5) is 0 Å². The van der Waals surface area contributed by atoms with Gasteiger partial charge in [-0.05, 0) is 96.3 Å². The number of nitrogens with one attached hydrogen (secondary N) is 1. The molecule has 0 aliphatic carbocycles. The van der Waals surface area contributed by atoms with Crippen molar-refractivity contribution in [3.63, 3.8) is 0 Å². The lowest BCUT2D eigenvalue weighted by Gasteiger charge is -2.41. The number of esters is 1. The molecule has 84 heavy (non-hydrogen) atoms. The number of hydrogen-bond acceptors (Lipinski definition) is 10. The number of rotatable bonds is 60. The summed E-state index contributed by atoms with van der Waals surface area (Å²) in [4.78, 5) is 26.7. The molecule has 0 saturated carbocycles. The second-order valence-corrected chi connectivity index (χ2v) is 24.3. The molecule has 0 radical (unpaired) electrons. The van der Waals surface area contributed by atoms with Gasteiger partial charge in [-0.25, -0.2) is 0 Å². The Kier molecular flexibility index (Phi) is 56.9. The van der Waals surface area contributed by atoms with E-state index in [4.69, 9.17) is 14.2 Å². The Balaban J connectivity index is 2.59. The first-order valence-corrected chi connectivity index (χ1v) is 35.2. The van der Waals surface area contributed by atoms with Crippen molar-refractivity contribution in [3.05, 3.63) is 72.9 Å². The van der Waals surface area contributed by atoms with Gasteiger partial charge in [-0.3, -0.25) is 9.59 Å². The molecule has 0 bridgehead atoms. The Morgan fingerprint density at radius 3 is 1.25 bits per heavy atom. The number of carbonyl (C=O) groups excluding carboxylic acids is 2. The molecule has 8 unspecified atom stereocenters. The fourth-order valence-electron chi connectivity index (χ4n) is 10.7. The summed E-state index contributed by atoms with van der Waals surface area (Å²) in [5, 5.41) is 57.2. The second-order valence-electron chi connectivity index (χ2n) is 24.3. The van der Waals surface area contributed by atoms with E-state index < -0.39 is 67.4 Å². The van der Waals surface area contributed by atoms with Crippen molar-refractivity contribution in [1.82, 2.24) is 5.32 Å². The van der Waals surface area contributed by atoms with E-state index in [1.54, 1.807) is 6.08 Å². The highest BCUT2D eigenvalue weighted by Gasteiger charge is 2.47. The molecule has 488 valence electrons. The fraction of sp³-hybridized carbons (Fsp3) is 0.808. The number of allylic oxidation sites excluding steroid dienone is 11. The van der Waals surface area contributed by atoms with Gasteiger partial charge >= 0.3 is 5.97 Å². The van der Waals surface area contributed by atoms with Gasteiger partial charge in [0.15, 0.2) is 12.4 Å². The van der Waals surface area contributed by atoms with Crippen molar-refractivity contribution in [2.75, 3.05) is 13.2 Å². The molecule has 0 aromatic heterocycles. The van der Waals surface area contributed by atoms with Gasteiger partial charge in [-0.1, -0.05) is 286 Å². The van der Waals surface area contributed by atoms with Crippen LogP contribution in [0.2, 0.25) is 0 Å². The molecule has 0 aromatic carbocycles. The Hall–Kier alpha value is -2.90. The highest BCUT2D eigenvalue weighted by Crippen LogP contribution is 2.26. The topological polar surface area (TPSA) is 175 Å². The molecule has 8 atom stereocenters. The molecule has 1 aliphatic heterocycles. The largest absolute Gasteiger partial charge is 0.454 e. The summed E-state index contributed by atoms with van der Waals surface area (Å²) in [5.41, 5.74) is 0. The van der Waals surface area contributed by atoms with Crippen LogP contribution in [-0.4, -0.2) is 99.6 Å². The van der Waals surface area contributed by atoms with Crippen LogP contribution in [0.15, 0.2) is 72.9 Å². The van der Waals surface area contributed by atoms with Gasteiger partial charge in [0.1, 0.15) is 24.4 Å². The van der Waals surface area contributed by atoms with Crippen molar-refractivity contribution in [2.45, 2.75) is 365 Å². The van der Waals surface area contributed by atoms with Crippen molar-refractivity contribution in [3.8, 4) is 0 Å². The van der Waals surface area contributed by atoms with Crippen molar-refractivity contribution in [2.24, 2.45) is 0 Å². The number of ether oxygens (including phenoxy) is 3. The average Bonchev–Trinajstić information content (AvgIpc) is 3.65. The van der Waals surface area contributed by atoms with Gasteiger partial charge in [-0.15, -0.1) is 0 Å². The minimum absolute atomic E-state index is 0.117. The summed E-state index contributed by atoms with van der Waals surface area (Å²) < 4.78 is 17.7. The number of aliphatic hydroxyl groups excluding tert-OH is 5. The van der Waals surface area contributed by atoms with Crippen LogP contribution in [0.1, 0.15) is 316 Å². The van der Waals surface area contributed by atoms with Crippen LogP contribution >= 0.6 is 0 Å². The lowest BCUT2D eigenvalue weighted by atomic mass is 9.99. The van der Waals surface area contributed by atoms with E-state index in [0.29, 0.717) is 12.8 Å². The Morgan fingerprint density at radius 1 is 0.464 bits per heavy atom. The van der Waals surface area contributed by atoms with Crippen LogP contribution in [-0.2, 0) is 23.8 Å². The van der Waals surface area contributed by atoms with Crippen molar-refractivity contribution >= 4 is 11.9 Å². The first kappa shape index (κ1) is 79.1. The molecule has 11 nitrogen and oxygen atoms in total. The zero-order chi connectivity index (χ0) is 61.0. The summed E-state index contributed by atoms with van der Waals surface area (Å²) >= 11 is 0. The maximum absolute atomic E-state index is 13.5. The van der Waals surface area contributed by atoms with Gasteiger partial charge in [0.25, 0.3) is 0 Å². The molecule has 1 rings (SSSR count). The van der Waals surface area contributed by atoms with Crippen molar-refractivity contribution in [1.29, 1.82) is 0 Å². The van der Waals surface area contributed by atoms with Crippen LogP contribution in [0.5, 0.6) is 0 Å². The van der Waals surface area contributed by atoms with Crippen LogP contribution in [0, 0.1) is 0 Å². The normalized spacial score (nSPS) is 18.9. The maximum Gasteiger partial charge on any atom is 0.306 e. The third-order valence-corrected chi connectivity index (χ3v) is 16.3. The zero-order valence-corrected chi connectivity index (χ0v) is 54.3. The van der Waals surface area contributed by atoms with E-state index in [9.17, 15) is 35.1 Å². The predicted octanol–water partition coefficient (Wildman–Crippen LogP) is 17.9. The monoisotopic (exact) mass is 1180 g/mol. The number of aliphatic hydroxyl groups is 5.